The molecule has 4 rings (SSSR count). The molecule has 0 atom stereocenters. The third-order valence-corrected chi connectivity index (χ3v) is 6.41. The summed E-state index contributed by atoms with van der Waals surface area (Å²) in [6.07, 6.45) is 0. The number of thiocarbonyl (C=S) groups is 1. The van der Waals surface area contributed by atoms with Gasteiger partial charge in [0.1, 0.15) is 11.4 Å². The van der Waals surface area contributed by atoms with Crippen LogP contribution in [0.3, 0.4) is 0 Å². The summed E-state index contributed by atoms with van der Waals surface area (Å²) in [7, 11) is 0. The van der Waals surface area contributed by atoms with Crippen LogP contribution in [0.1, 0.15) is 36.1 Å². The van der Waals surface area contributed by atoms with Gasteiger partial charge in [-0.3, -0.25) is 0 Å². The normalized spacial score (nSPS) is 11.7. The number of nitrogens with one attached hydrogen (secondary N) is 1. The Morgan fingerprint density at radius 1 is 0.657 bits per heavy atom. The number of hydrogen-bond donors (Lipinski definition) is 1. The van der Waals surface area contributed by atoms with Gasteiger partial charge in [-0.25, -0.2) is 4.99 Å². The minimum atomic E-state index is -0.699. The van der Waals surface area contributed by atoms with E-state index in [1.807, 2.05) is 36.4 Å². The second-order valence-corrected chi connectivity index (χ2v) is 8.64. The van der Waals surface area contributed by atoms with Crippen molar-refractivity contribution in [2.75, 3.05) is 13.1 Å². The molecule has 0 unspecified atom stereocenters. The van der Waals surface area contributed by atoms with Gasteiger partial charge in [0.05, 0.1) is 0 Å². The van der Waals surface area contributed by atoms with Crippen molar-refractivity contribution in [2.24, 2.45) is 4.99 Å². The molecule has 4 aromatic rings. The molecule has 0 radical (unpaired) electrons. The highest BCUT2D eigenvalue weighted by Gasteiger charge is 2.37. The SMILES string of the molecule is CCN(CC)/C(=N/C(=S)NC(c1ccccc1)(c1ccccc1)c1ccccc1)c1ccccc1. The van der Waals surface area contributed by atoms with Crippen molar-refractivity contribution in [1.29, 1.82) is 0 Å². The fourth-order valence-electron chi connectivity index (χ4n) is 4.49. The molecule has 0 bridgehead atoms. The van der Waals surface area contributed by atoms with E-state index in [1.165, 1.54) is 0 Å². The maximum Gasteiger partial charge on any atom is 0.195 e. The third-order valence-electron chi connectivity index (χ3n) is 6.22. The fourth-order valence-corrected chi connectivity index (χ4v) is 4.73. The monoisotopic (exact) mass is 477 g/mol. The number of benzene rings is 4. The molecule has 0 fully saturated rings. The van der Waals surface area contributed by atoms with Crippen molar-refractivity contribution >= 4 is 23.2 Å². The van der Waals surface area contributed by atoms with Gasteiger partial charge in [0.25, 0.3) is 0 Å². The van der Waals surface area contributed by atoms with Gasteiger partial charge in [0, 0.05) is 18.7 Å². The Kier molecular flexibility index (Phi) is 8.07. The number of aliphatic imine (C=N–C) groups is 1. The van der Waals surface area contributed by atoms with E-state index < -0.39 is 5.54 Å². The number of nitrogens with zero attached hydrogens (tertiary/aromatic N) is 2. The third kappa shape index (κ3) is 5.33. The van der Waals surface area contributed by atoms with E-state index in [0.29, 0.717) is 5.11 Å². The second-order valence-electron chi connectivity index (χ2n) is 8.25. The highest BCUT2D eigenvalue weighted by Crippen LogP contribution is 2.36. The van der Waals surface area contributed by atoms with Gasteiger partial charge in [0.15, 0.2) is 5.11 Å². The number of rotatable bonds is 7. The average molecular weight is 478 g/mol. The van der Waals surface area contributed by atoms with E-state index in [1.54, 1.807) is 0 Å². The van der Waals surface area contributed by atoms with E-state index in [-0.39, 0.29) is 0 Å². The first-order valence-electron chi connectivity index (χ1n) is 12.1. The summed E-state index contributed by atoms with van der Waals surface area (Å²) in [5.41, 5.74) is 3.64. The summed E-state index contributed by atoms with van der Waals surface area (Å²) >= 11 is 5.97. The average Bonchev–Trinajstić information content (AvgIpc) is 2.94. The van der Waals surface area contributed by atoms with Crippen LogP contribution in [0, 0.1) is 0 Å². The summed E-state index contributed by atoms with van der Waals surface area (Å²) in [4.78, 5) is 7.25. The lowest BCUT2D eigenvalue weighted by Crippen LogP contribution is -2.47. The molecule has 0 saturated carbocycles. The van der Waals surface area contributed by atoms with E-state index in [9.17, 15) is 0 Å². The number of amidine groups is 1. The zero-order valence-electron chi connectivity index (χ0n) is 20.3. The van der Waals surface area contributed by atoms with Crippen LogP contribution in [0.25, 0.3) is 0 Å². The van der Waals surface area contributed by atoms with Crippen LogP contribution < -0.4 is 5.32 Å². The Balaban J connectivity index is 1.88. The van der Waals surface area contributed by atoms with Crippen molar-refractivity contribution in [2.45, 2.75) is 19.4 Å². The minimum Gasteiger partial charge on any atom is -0.357 e. The van der Waals surface area contributed by atoms with Crippen molar-refractivity contribution in [1.82, 2.24) is 10.2 Å². The van der Waals surface area contributed by atoms with Gasteiger partial charge < -0.3 is 10.2 Å². The van der Waals surface area contributed by atoms with Crippen LogP contribution in [0.2, 0.25) is 0 Å². The lowest BCUT2D eigenvalue weighted by molar-refractivity contribution is 0.466. The summed E-state index contributed by atoms with van der Waals surface area (Å²) < 4.78 is 0. The molecule has 0 aliphatic carbocycles. The Labute approximate surface area is 214 Å². The first kappa shape index (κ1) is 24.4. The quantitative estimate of drug-likeness (QED) is 0.140. The van der Waals surface area contributed by atoms with E-state index in [0.717, 1.165) is 41.2 Å². The molecular weight excluding hydrogens is 446 g/mol. The standard InChI is InChI=1S/C31H31N3S/c1-3-34(4-2)29(25-17-9-5-10-18-25)32-30(35)33-31(26-19-11-6-12-20-26,27-21-13-7-14-22-27)28-23-15-8-16-24-28/h5-24H,3-4H2,1-2H3,(H,33,35)/b32-29+. The molecule has 176 valence electrons. The smallest absolute Gasteiger partial charge is 0.195 e. The zero-order valence-corrected chi connectivity index (χ0v) is 21.1. The Bertz CT molecular complexity index is 1140. The van der Waals surface area contributed by atoms with Crippen LogP contribution in [0.4, 0.5) is 0 Å². The molecule has 1 N–H and O–H groups in total. The molecule has 0 aliphatic heterocycles. The number of hydrogen-bond acceptors (Lipinski definition) is 1. The first-order chi connectivity index (χ1) is 17.2. The maximum absolute atomic E-state index is 5.97. The molecule has 0 spiro atoms. The molecule has 0 heterocycles. The maximum atomic E-state index is 5.97. The highest BCUT2D eigenvalue weighted by atomic mass is 32.1. The van der Waals surface area contributed by atoms with Gasteiger partial charge in [-0.1, -0.05) is 121 Å². The molecule has 0 amide bonds. The molecule has 4 heteroatoms. The minimum absolute atomic E-state index is 0.437. The predicted molar refractivity (Wildman–Crippen MR) is 151 cm³/mol. The van der Waals surface area contributed by atoms with Gasteiger partial charge in [0.2, 0.25) is 0 Å². The van der Waals surface area contributed by atoms with Crippen molar-refractivity contribution in [3.63, 3.8) is 0 Å². The Hall–Kier alpha value is -3.76. The van der Waals surface area contributed by atoms with E-state index >= 15 is 0 Å². The summed E-state index contributed by atoms with van der Waals surface area (Å²) in [5.74, 6) is 0.871. The fraction of sp³-hybridized carbons (Fsp3) is 0.161. The second kappa shape index (κ2) is 11.6. The zero-order chi connectivity index (χ0) is 24.5. The molecule has 4 aromatic carbocycles. The van der Waals surface area contributed by atoms with Gasteiger partial charge >= 0.3 is 0 Å². The molecular formula is C31H31N3S. The van der Waals surface area contributed by atoms with E-state index in [4.69, 9.17) is 17.2 Å². The lowest BCUT2D eigenvalue weighted by atomic mass is 9.77. The summed E-state index contributed by atoms with van der Waals surface area (Å²) in [5, 5.41) is 4.14. The van der Waals surface area contributed by atoms with Gasteiger partial charge in [-0.15, -0.1) is 0 Å². The van der Waals surface area contributed by atoms with Gasteiger partial charge in [-0.2, -0.15) is 0 Å². The molecule has 0 saturated heterocycles. The van der Waals surface area contributed by atoms with Crippen LogP contribution in [-0.4, -0.2) is 28.9 Å². The largest absolute Gasteiger partial charge is 0.357 e. The highest BCUT2D eigenvalue weighted by molar-refractivity contribution is 7.80. The topological polar surface area (TPSA) is 27.6 Å². The van der Waals surface area contributed by atoms with Crippen molar-refractivity contribution in [3.05, 3.63) is 144 Å². The Morgan fingerprint density at radius 3 is 1.40 bits per heavy atom. The Morgan fingerprint density at radius 2 is 1.03 bits per heavy atom. The summed E-state index contributed by atoms with van der Waals surface area (Å²) in [6, 6.07) is 41.6. The van der Waals surface area contributed by atoms with E-state index in [2.05, 4.69) is 109 Å². The molecule has 35 heavy (non-hydrogen) atoms. The molecule has 3 nitrogen and oxygen atoms in total. The molecule has 0 aromatic heterocycles. The summed E-state index contributed by atoms with van der Waals surface area (Å²) in [6.45, 7) is 5.96. The predicted octanol–water partition coefficient (Wildman–Crippen LogP) is 6.64. The first-order valence-corrected chi connectivity index (χ1v) is 12.5. The van der Waals surface area contributed by atoms with Crippen molar-refractivity contribution in [3.8, 4) is 0 Å². The van der Waals surface area contributed by atoms with Crippen molar-refractivity contribution < 1.29 is 0 Å². The molecule has 0 aliphatic rings. The lowest BCUT2D eigenvalue weighted by Gasteiger charge is -2.37. The van der Waals surface area contributed by atoms with Crippen LogP contribution >= 0.6 is 12.2 Å². The van der Waals surface area contributed by atoms with Crippen LogP contribution in [-0.2, 0) is 5.54 Å². The van der Waals surface area contributed by atoms with Crippen LogP contribution in [0.15, 0.2) is 126 Å². The van der Waals surface area contributed by atoms with Gasteiger partial charge in [-0.05, 0) is 42.8 Å². The van der Waals surface area contributed by atoms with Crippen LogP contribution in [0.5, 0.6) is 0 Å².